The third-order valence-corrected chi connectivity index (χ3v) is 6.71. The largest absolute Gasteiger partial charge is 0.339 e. The highest BCUT2D eigenvalue weighted by Crippen LogP contribution is 2.29. The van der Waals surface area contributed by atoms with Crippen molar-refractivity contribution in [2.24, 2.45) is 5.92 Å². The molecule has 0 radical (unpaired) electrons. The minimum absolute atomic E-state index is 0.0716. The predicted molar refractivity (Wildman–Crippen MR) is 84.9 cm³/mol. The fourth-order valence-corrected chi connectivity index (χ4v) is 5.36. The quantitative estimate of drug-likeness (QED) is 0.726. The standard InChI is InChI=1S/C16H29NO3S/c1-2-3-11-17(15-10-12-21(19,20)13-15)16(18)9-8-14-6-4-5-7-14/h14-15H,2-13H2,1H3. The lowest BCUT2D eigenvalue weighted by Crippen LogP contribution is -2.41. The van der Waals surface area contributed by atoms with Crippen LogP contribution in [0.5, 0.6) is 0 Å². The van der Waals surface area contributed by atoms with E-state index in [1.165, 1.54) is 25.7 Å². The molecule has 21 heavy (non-hydrogen) atoms. The highest BCUT2D eigenvalue weighted by molar-refractivity contribution is 7.91. The molecule has 1 atom stereocenters. The first-order valence-corrected chi connectivity index (χ1v) is 10.3. The van der Waals surface area contributed by atoms with E-state index in [0.29, 0.717) is 18.8 Å². The number of carbonyl (C=O) groups excluding carboxylic acids is 1. The van der Waals surface area contributed by atoms with Crippen LogP contribution in [0.15, 0.2) is 0 Å². The van der Waals surface area contributed by atoms with E-state index in [2.05, 4.69) is 6.92 Å². The van der Waals surface area contributed by atoms with Crippen molar-refractivity contribution < 1.29 is 13.2 Å². The zero-order valence-electron chi connectivity index (χ0n) is 13.2. The minimum atomic E-state index is -2.92. The van der Waals surface area contributed by atoms with Gasteiger partial charge in [-0.15, -0.1) is 0 Å². The Morgan fingerprint density at radius 3 is 2.48 bits per heavy atom. The van der Waals surface area contributed by atoms with Crippen LogP contribution >= 0.6 is 0 Å². The van der Waals surface area contributed by atoms with Crippen molar-refractivity contribution in [2.45, 2.75) is 70.8 Å². The molecule has 1 amide bonds. The Hall–Kier alpha value is -0.580. The summed E-state index contributed by atoms with van der Waals surface area (Å²) in [7, 11) is -2.92. The van der Waals surface area contributed by atoms with E-state index in [9.17, 15) is 13.2 Å². The molecule has 0 aromatic carbocycles. The molecule has 2 rings (SSSR count). The van der Waals surface area contributed by atoms with E-state index >= 15 is 0 Å². The molecule has 0 aromatic heterocycles. The smallest absolute Gasteiger partial charge is 0.222 e. The first-order chi connectivity index (χ1) is 10.0. The van der Waals surface area contributed by atoms with E-state index in [1.54, 1.807) is 0 Å². The average Bonchev–Trinajstić information content (AvgIpc) is 3.06. The van der Waals surface area contributed by atoms with Gasteiger partial charge in [-0.2, -0.15) is 0 Å². The average molecular weight is 315 g/mol. The van der Waals surface area contributed by atoms with E-state index in [1.807, 2.05) is 4.90 Å². The molecule has 1 heterocycles. The van der Waals surface area contributed by atoms with Gasteiger partial charge in [-0.05, 0) is 25.2 Å². The Morgan fingerprint density at radius 1 is 1.19 bits per heavy atom. The molecule has 4 nitrogen and oxygen atoms in total. The van der Waals surface area contributed by atoms with Crippen LogP contribution in [0.3, 0.4) is 0 Å². The van der Waals surface area contributed by atoms with Gasteiger partial charge in [0.2, 0.25) is 5.91 Å². The van der Waals surface area contributed by atoms with Crippen molar-refractivity contribution >= 4 is 15.7 Å². The number of hydrogen-bond acceptors (Lipinski definition) is 3. The summed E-state index contributed by atoms with van der Waals surface area (Å²) in [5.41, 5.74) is 0. The molecule has 0 bridgehead atoms. The Balaban J connectivity index is 1.89. The summed E-state index contributed by atoms with van der Waals surface area (Å²) in [6.45, 7) is 2.83. The van der Waals surface area contributed by atoms with Crippen LogP contribution in [-0.2, 0) is 14.6 Å². The lowest BCUT2D eigenvalue weighted by molar-refractivity contribution is -0.133. The van der Waals surface area contributed by atoms with E-state index < -0.39 is 9.84 Å². The van der Waals surface area contributed by atoms with Gasteiger partial charge < -0.3 is 4.90 Å². The van der Waals surface area contributed by atoms with Gasteiger partial charge in [0, 0.05) is 19.0 Å². The first-order valence-electron chi connectivity index (χ1n) is 8.51. The number of sulfone groups is 1. The number of carbonyl (C=O) groups is 1. The molecule has 1 saturated heterocycles. The summed E-state index contributed by atoms with van der Waals surface area (Å²) >= 11 is 0. The van der Waals surface area contributed by atoms with Crippen LogP contribution in [0.1, 0.15) is 64.7 Å². The number of amides is 1. The molecule has 1 aliphatic heterocycles. The predicted octanol–water partition coefficient (Wildman–Crippen LogP) is 2.77. The Bertz CT molecular complexity index is 440. The summed E-state index contributed by atoms with van der Waals surface area (Å²) in [6, 6.07) is -0.0716. The number of unbranched alkanes of at least 4 members (excludes halogenated alkanes) is 1. The summed E-state index contributed by atoms with van der Waals surface area (Å²) in [6.07, 6.45) is 9.35. The molecular formula is C16H29NO3S. The highest BCUT2D eigenvalue weighted by Gasteiger charge is 2.34. The van der Waals surface area contributed by atoms with E-state index in [-0.39, 0.29) is 23.5 Å². The van der Waals surface area contributed by atoms with Gasteiger partial charge >= 0.3 is 0 Å². The lowest BCUT2D eigenvalue weighted by Gasteiger charge is -2.28. The fraction of sp³-hybridized carbons (Fsp3) is 0.938. The maximum atomic E-state index is 12.5. The first kappa shape index (κ1) is 16.8. The third kappa shape index (κ3) is 4.97. The van der Waals surface area contributed by atoms with Crippen LogP contribution in [0.2, 0.25) is 0 Å². The molecular weight excluding hydrogens is 286 g/mol. The molecule has 2 fully saturated rings. The molecule has 0 aromatic rings. The van der Waals surface area contributed by atoms with Crippen LogP contribution in [-0.4, -0.2) is 43.3 Å². The van der Waals surface area contributed by atoms with Crippen molar-refractivity contribution in [1.29, 1.82) is 0 Å². The van der Waals surface area contributed by atoms with Gasteiger partial charge in [-0.3, -0.25) is 4.79 Å². The van der Waals surface area contributed by atoms with Gasteiger partial charge in [0.15, 0.2) is 9.84 Å². The minimum Gasteiger partial charge on any atom is -0.339 e. The molecule has 122 valence electrons. The van der Waals surface area contributed by atoms with Crippen molar-refractivity contribution in [3.63, 3.8) is 0 Å². The van der Waals surface area contributed by atoms with Crippen molar-refractivity contribution in [1.82, 2.24) is 4.90 Å². The van der Waals surface area contributed by atoms with E-state index in [4.69, 9.17) is 0 Å². The van der Waals surface area contributed by atoms with Gasteiger partial charge in [0.05, 0.1) is 11.5 Å². The zero-order chi connectivity index (χ0) is 15.3. The second-order valence-electron chi connectivity index (χ2n) is 6.69. The normalized spacial score (nSPS) is 25.3. The van der Waals surface area contributed by atoms with Crippen molar-refractivity contribution in [3.8, 4) is 0 Å². The van der Waals surface area contributed by atoms with Crippen LogP contribution in [0, 0.1) is 5.92 Å². The van der Waals surface area contributed by atoms with Crippen LogP contribution < -0.4 is 0 Å². The molecule has 0 spiro atoms. The monoisotopic (exact) mass is 315 g/mol. The Morgan fingerprint density at radius 2 is 1.90 bits per heavy atom. The molecule has 0 N–H and O–H groups in total. The number of hydrogen-bond donors (Lipinski definition) is 0. The summed E-state index contributed by atoms with van der Waals surface area (Å²) in [5.74, 6) is 1.31. The highest BCUT2D eigenvalue weighted by atomic mass is 32.2. The summed E-state index contributed by atoms with van der Waals surface area (Å²) in [5, 5.41) is 0. The SMILES string of the molecule is CCCCN(C(=O)CCC1CCCC1)C1CCS(=O)(=O)C1. The summed E-state index contributed by atoms with van der Waals surface area (Å²) in [4.78, 5) is 14.4. The topological polar surface area (TPSA) is 54.5 Å². The zero-order valence-corrected chi connectivity index (χ0v) is 14.0. The maximum Gasteiger partial charge on any atom is 0.222 e. The van der Waals surface area contributed by atoms with E-state index in [0.717, 1.165) is 25.8 Å². The second-order valence-corrected chi connectivity index (χ2v) is 8.92. The lowest BCUT2D eigenvalue weighted by atomic mass is 10.0. The number of nitrogens with zero attached hydrogens (tertiary/aromatic N) is 1. The summed E-state index contributed by atoms with van der Waals surface area (Å²) < 4.78 is 23.3. The number of rotatable bonds is 7. The molecule has 5 heteroatoms. The molecule has 1 saturated carbocycles. The molecule has 1 aliphatic carbocycles. The molecule has 1 unspecified atom stereocenters. The Labute approximate surface area is 129 Å². The molecule has 2 aliphatic rings. The third-order valence-electron chi connectivity index (χ3n) is 4.96. The van der Waals surface area contributed by atoms with Gasteiger partial charge in [0.1, 0.15) is 0 Å². The van der Waals surface area contributed by atoms with Crippen molar-refractivity contribution in [3.05, 3.63) is 0 Å². The fourth-order valence-electron chi connectivity index (χ4n) is 3.63. The van der Waals surface area contributed by atoms with Gasteiger partial charge in [-0.25, -0.2) is 8.42 Å². The van der Waals surface area contributed by atoms with Crippen LogP contribution in [0.4, 0.5) is 0 Å². The Kier molecular flexibility index (Phi) is 6.08. The van der Waals surface area contributed by atoms with Gasteiger partial charge in [0.25, 0.3) is 0 Å². The van der Waals surface area contributed by atoms with Crippen molar-refractivity contribution in [2.75, 3.05) is 18.1 Å². The second kappa shape index (κ2) is 7.61. The van der Waals surface area contributed by atoms with Gasteiger partial charge in [-0.1, -0.05) is 39.0 Å². The van der Waals surface area contributed by atoms with Crippen LogP contribution in [0.25, 0.3) is 0 Å². The maximum absolute atomic E-state index is 12.5.